The summed E-state index contributed by atoms with van der Waals surface area (Å²) in [5, 5.41) is 0. The van der Waals surface area contributed by atoms with Crippen molar-refractivity contribution in [2.24, 2.45) is 11.7 Å². The van der Waals surface area contributed by atoms with Gasteiger partial charge in [-0.05, 0) is 32.1 Å². The van der Waals surface area contributed by atoms with Gasteiger partial charge < -0.3 is 10.5 Å². The molecule has 3 nitrogen and oxygen atoms in total. The summed E-state index contributed by atoms with van der Waals surface area (Å²) in [6.07, 6.45) is 9.82. The summed E-state index contributed by atoms with van der Waals surface area (Å²) >= 11 is 0. The number of rotatable bonds is 4. The fourth-order valence-electron chi connectivity index (χ4n) is 4.06. The van der Waals surface area contributed by atoms with Crippen molar-refractivity contribution in [1.29, 1.82) is 0 Å². The van der Waals surface area contributed by atoms with Gasteiger partial charge in [-0.2, -0.15) is 0 Å². The smallest absolute Gasteiger partial charge is 0.0674 e. The lowest BCUT2D eigenvalue weighted by atomic mass is 9.86. The summed E-state index contributed by atoms with van der Waals surface area (Å²) in [7, 11) is 0. The molecule has 0 spiro atoms. The van der Waals surface area contributed by atoms with Crippen LogP contribution in [0.5, 0.6) is 0 Å². The third-order valence-electron chi connectivity index (χ3n) is 5.26. The van der Waals surface area contributed by atoms with Crippen molar-refractivity contribution in [1.82, 2.24) is 4.90 Å². The first kappa shape index (κ1) is 15.3. The molecule has 1 aliphatic carbocycles. The number of nitrogens with two attached hydrogens (primary N) is 1. The number of hydrogen-bond acceptors (Lipinski definition) is 3. The summed E-state index contributed by atoms with van der Waals surface area (Å²) in [6.45, 7) is 8.33. The first-order valence-electron chi connectivity index (χ1n) is 8.27. The van der Waals surface area contributed by atoms with Gasteiger partial charge in [0.25, 0.3) is 0 Å². The monoisotopic (exact) mass is 268 g/mol. The van der Waals surface area contributed by atoms with Crippen LogP contribution in [-0.2, 0) is 4.74 Å². The normalized spacial score (nSPS) is 38.1. The molecule has 2 rings (SSSR count). The first-order chi connectivity index (χ1) is 9.20. The lowest BCUT2D eigenvalue weighted by Gasteiger charge is -2.46. The van der Waals surface area contributed by atoms with Crippen LogP contribution in [-0.4, -0.2) is 42.8 Å². The molecule has 19 heavy (non-hydrogen) atoms. The fourth-order valence-corrected chi connectivity index (χ4v) is 4.06. The second-order valence-corrected chi connectivity index (χ2v) is 6.64. The first-order valence-corrected chi connectivity index (χ1v) is 8.27. The number of hydrogen-bond donors (Lipinski definition) is 1. The predicted molar refractivity (Wildman–Crippen MR) is 80.3 cm³/mol. The third-order valence-corrected chi connectivity index (χ3v) is 5.26. The maximum Gasteiger partial charge on any atom is 0.0674 e. The Bertz CT molecular complexity index is 271. The van der Waals surface area contributed by atoms with Crippen LogP contribution in [0, 0.1) is 5.92 Å². The van der Waals surface area contributed by atoms with Crippen LogP contribution in [0.1, 0.15) is 58.8 Å². The minimum atomic E-state index is 0.264. The van der Waals surface area contributed by atoms with E-state index in [-0.39, 0.29) is 5.54 Å². The predicted octanol–water partition coefficient (Wildman–Crippen LogP) is 2.79. The van der Waals surface area contributed by atoms with Crippen LogP contribution in [0.25, 0.3) is 0 Å². The van der Waals surface area contributed by atoms with Gasteiger partial charge in [-0.15, -0.1) is 0 Å². The zero-order chi connectivity index (χ0) is 13.7. The number of ether oxygens (including phenoxy) is 1. The van der Waals surface area contributed by atoms with Gasteiger partial charge in [-0.25, -0.2) is 0 Å². The Hall–Kier alpha value is -0.120. The lowest BCUT2D eigenvalue weighted by molar-refractivity contribution is -0.0650. The Morgan fingerprint density at radius 1 is 1.32 bits per heavy atom. The molecule has 1 heterocycles. The van der Waals surface area contributed by atoms with E-state index in [1.54, 1.807) is 0 Å². The maximum absolute atomic E-state index is 6.22. The summed E-state index contributed by atoms with van der Waals surface area (Å²) < 4.78 is 5.70. The Morgan fingerprint density at radius 2 is 2.16 bits per heavy atom. The SMILES string of the molecule is CCCC1CCCC(CN)(N2CCOC(C)C2)CC1. The summed E-state index contributed by atoms with van der Waals surface area (Å²) in [6, 6.07) is 0. The van der Waals surface area contributed by atoms with E-state index in [0.29, 0.717) is 6.10 Å². The topological polar surface area (TPSA) is 38.5 Å². The van der Waals surface area contributed by atoms with E-state index in [0.717, 1.165) is 32.2 Å². The average molecular weight is 268 g/mol. The van der Waals surface area contributed by atoms with E-state index in [9.17, 15) is 0 Å². The molecule has 1 aliphatic heterocycles. The maximum atomic E-state index is 6.22. The Morgan fingerprint density at radius 3 is 2.84 bits per heavy atom. The van der Waals surface area contributed by atoms with E-state index < -0.39 is 0 Å². The van der Waals surface area contributed by atoms with Gasteiger partial charge in [-0.1, -0.05) is 32.6 Å². The van der Waals surface area contributed by atoms with E-state index in [1.807, 2.05) is 0 Å². The second kappa shape index (κ2) is 7.05. The van der Waals surface area contributed by atoms with Crippen molar-refractivity contribution in [2.75, 3.05) is 26.2 Å². The number of morpholine rings is 1. The number of nitrogens with zero attached hydrogens (tertiary/aromatic N) is 1. The van der Waals surface area contributed by atoms with Crippen molar-refractivity contribution in [3.8, 4) is 0 Å². The summed E-state index contributed by atoms with van der Waals surface area (Å²) in [5.41, 5.74) is 6.49. The largest absolute Gasteiger partial charge is 0.376 e. The molecule has 2 N–H and O–H groups in total. The van der Waals surface area contributed by atoms with Crippen LogP contribution in [0.2, 0.25) is 0 Å². The fraction of sp³-hybridized carbons (Fsp3) is 1.00. The van der Waals surface area contributed by atoms with Gasteiger partial charge in [0.05, 0.1) is 12.7 Å². The minimum Gasteiger partial charge on any atom is -0.376 e. The average Bonchev–Trinajstić information content (AvgIpc) is 2.63. The van der Waals surface area contributed by atoms with Crippen molar-refractivity contribution >= 4 is 0 Å². The van der Waals surface area contributed by atoms with Crippen molar-refractivity contribution < 1.29 is 4.74 Å². The van der Waals surface area contributed by atoms with Crippen molar-refractivity contribution in [3.63, 3.8) is 0 Å². The van der Waals surface area contributed by atoms with E-state index in [4.69, 9.17) is 10.5 Å². The highest BCUT2D eigenvalue weighted by molar-refractivity contribution is 4.95. The summed E-state index contributed by atoms with van der Waals surface area (Å²) in [4.78, 5) is 2.65. The molecule has 2 aliphatic rings. The molecule has 0 aromatic carbocycles. The van der Waals surface area contributed by atoms with Gasteiger partial charge >= 0.3 is 0 Å². The minimum absolute atomic E-state index is 0.264. The quantitative estimate of drug-likeness (QED) is 0.797. The van der Waals surface area contributed by atoms with Gasteiger partial charge in [-0.3, -0.25) is 4.90 Å². The van der Waals surface area contributed by atoms with Gasteiger partial charge in [0.1, 0.15) is 0 Å². The molecule has 112 valence electrons. The lowest BCUT2D eigenvalue weighted by Crippen LogP contribution is -2.58. The highest BCUT2D eigenvalue weighted by Gasteiger charge is 2.38. The van der Waals surface area contributed by atoms with Crippen LogP contribution in [0.3, 0.4) is 0 Å². The molecule has 0 amide bonds. The molecular weight excluding hydrogens is 236 g/mol. The molecule has 0 aromatic rings. The van der Waals surface area contributed by atoms with Gasteiger partial charge in [0.2, 0.25) is 0 Å². The Kier molecular flexibility index (Phi) is 5.67. The van der Waals surface area contributed by atoms with Crippen LogP contribution in [0.4, 0.5) is 0 Å². The van der Waals surface area contributed by atoms with E-state index in [2.05, 4.69) is 18.7 Å². The molecule has 3 heteroatoms. The van der Waals surface area contributed by atoms with Crippen LogP contribution in [0.15, 0.2) is 0 Å². The molecule has 3 atom stereocenters. The molecule has 3 unspecified atom stereocenters. The van der Waals surface area contributed by atoms with Gasteiger partial charge in [0.15, 0.2) is 0 Å². The Balaban J connectivity index is 2.00. The zero-order valence-corrected chi connectivity index (χ0v) is 12.9. The molecule has 0 aromatic heterocycles. The highest BCUT2D eigenvalue weighted by atomic mass is 16.5. The van der Waals surface area contributed by atoms with Crippen LogP contribution >= 0.6 is 0 Å². The van der Waals surface area contributed by atoms with Crippen LogP contribution < -0.4 is 5.73 Å². The van der Waals surface area contributed by atoms with Gasteiger partial charge in [0, 0.05) is 25.2 Å². The zero-order valence-electron chi connectivity index (χ0n) is 12.9. The Labute approximate surface area is 118 Å². The standard InChI is InChI=1S/C16H32N2O/c1-3-5-15-6-4-8-16(13-17,9-7-15)18-10-11-19-14(2)12-18/h14-15H,3-13,17H2,1-2H3. The molecule has 1 saturated heterocycles. The highest BCUT2D eigenvalue weighted by Crippen LogP contribution is 2.36. The third kappa shape index (κ3) is 3.71. The molecule has 0 bridgehead atoms. The molecule has 1 saturated carbocycles. The summed E-state index contributed by atoms with van der Waals surface area (Å²) in [5.74, 6) is 0.942. The molecule has 0 radical (unpaired) electrons. The second-order valence-electron chi connectivity index (χ2n) is 6.64. The molecule has 2 fully saturated rings. The molecular formula is C16H32N2O. The van der Waals surface area contributed by atoms with E-state index >= 15 is 0 Å². The van der Waals surface area contributed by atoms with E-state index in [1.165, 1.54) is 44.9 Å². The van der Waals surface area contributed by atoms with Crippen molar-refractivity contribution in [2.45, 2.75) is 70.4 Å². The van der Waals surface area contributed by atoms with Crippen molar-refractivity contribution in [3.05, 3.63) is 0 Å².